The van der Waals surface area contributed by atoms with Crippen molar-refractivity contribution in [2.75, 3.05) is 0 Å². The van der Waals surface area contributed by atoms with E-state index in [9.17, 15) is 5.11 Å². The molecule has 0 rings (SSSR count). The molecule has 0 saturated carbocycles. The van der Waals surface area contributed by atoms with E-state index in [-0.39, 0.29) is 6.10 Å². The van der Waals surface area contributed by atoms with Crippen LogP contribution < -0.4 is 0 Å². The minimum atomic E-state index is -0.292. The Morgan fingerprint density at radius 1 is 1.33 bits per heavy atom. The molecule has 0 spiro atoms. The van der Waals surface area contributed by atoms with Gasteiger partial charge >= 0.3 is 0 Å². The molecule has 1 heteroatoms. The SMILES string of the molecule is C=CC=CC=CC(O)CCCC. The molecule has 1 N–H and O–H groups in total. The van der Waals surface area contributed by atoms with Gasteiger partial charge in [0.2, 0.25) is 0 Å². The number of aliphatic hydroxyl groups is 1. The highest BCUT2D eigenvalue weighted by atomic mass is 16.3. The van der Waals surface area contributed by atoms with Gasteiger partial charge in [-0.3, -0.25) is 0 Å². The van der Waals surface area contributed by atoms with Gasteiger partial charge in [-0.1, -0.05) is 56.7 Å². The molecule has 0 amide bonds. The van der Waals surface area contributed by atoms with Crippen LogP contribution in [-0.4, -0.2) is 11.2 Å². The van der Waals surface area contributed by atoms with Crippen LogP contribution in [0, 0.1) is 0 Å². The molecule has 0 aromatic heterocycles. The molecular formula is C11H18O. The second-order valence-electron chi connectivity index (χ2n) is 2.72. The molecule has 0 bridgehead atoms. The Hall–Kier alpha value is -0.820. The summed E-state index contributed by atoms with van der Waals surface area (Å²) in [5.74, 6) is 0. The average Bonchev–Trinajstić information content (AvgIpc) is 2.09. The minimum absolute atomic E-state index is 0.292. The van der Waals surface area contributed by atoms with E-state index in [4.69, 9.17) is 0 Å². The Morgan fingerprint density at radius 3 is 2.67 bits per heavy atom. The smallest absolute Gasteiger partial charge is 0.0723 e. The largest absolute Gasteiger partial charge is 0.389 e. The number of allylic oxidation sites excluding steroid dienone is 4. The van der Waals surface area contributed by atoms with E-state index >= 15 is 0 Å². The maximum absolute atomic E-state index is 9.33. The Kier molecular flexibility index (Phi) is 7.71. The van der Waals surface area contributed by atoms with E-state index in [1.54, 1.807) is 12.2 Å². The highest BCUT2D eigenvalue weighted by Crippen LogP contribution is 2.01. The zero-order chi connectivity index (χ0) is 9.23. The van der Waals surface area contributed by atoms with Crippen LogP contribution in [0.15, 0.2) is 37.0 Å². The lowest BCUT2D eigenvalue weighted by Gasteiger charge is -2.01. The van der Waals surface area contributed by atoms with Gasteiger partial charge in [-0.2, -0.15) is 0 Å². The molecule has 68 valence electrons. The lowest BCUT2D eigenvalue weighted by molar-refractivity contribution is 0.209. The molecule has 1 nitrogen and oxygen atoms in total. The molecule has 0 aromatic rings. The van der Waals surface area contributed by atoms with Crippen molar-refractivity contribution in [3.63, 3.8) is 0 Å². The molecule has 0 aliphatic carbocycles. The van der Waals surface area contributed by atoms with Gasteiger partial charge in [0.25, 0.3) is 0 Å². The standard InChI is InChI=1S/C11H18O/c1-3-5-7-8-10-11(12)9-6-4-2/h3,5,7-8,10-12H,1,4,6,9H2,2H3. The van der Waals surface area contributed by atoms with Crippen molar-refractivity contribution in [1.82, 2.24) is 0 Å². The van der Waals surface area contributed by atoms with Crippen molar-refractivity contribution < 1.29 is 5.11 Å². The Bertz CT molecular complexity index is 156. The Labute approximate surface area is 75.1 Å². The molecule has 0 aromatic carbocycles. The first-order chi connectivity index (χ1) is 5.81. The topological polar surface area (TPSA) is 20.2 Å². The van der Waals surface area contributed by atoms with Crippen LogP contribution >= 0.6 is 0 Å². The zero-order valence-electron chi connectivity index (χ0n) is 7.74. The quantitative estimate of drug-likeness (QED) is 0.601. The molecule has 0 aliphatic rings. The highest BCUT2D eigenvalue weighted by Gasteiger charge is 1.94. The maximum atomic E-state index is 9.33. The van der Waals surface area contributed by atoms with E-state index < -0.39 is 0 Å². The molecule has 0 fully saturated rings. The van der Waals surface area contributed by atoms with E-state index in [0.29, 0.717) is 0 Å². The van der Waals surface area contributed by atoms with Crippen LogP contribution in [0.5, 0.6) is 0 Å². The van der Waals surface area contributed by atoms with Crippen molar-refractivity contribution in [3.05, 3.63) is 37.0 Å². The predicted octanol–water partition coefficient (Wildman–Crippen LogP) is 2.84. The lowest BCUT2D eigenvalue weighted by atomic mass is 10.1. The third kappa shape index (κ3) is 7.29. The van der Waals surface area contributed by atoms with Crippen LogP contribution in [0.4, 0.5) is 0 Å². The summed E-state index contributed by atoms with van der Waals surface area (Å²) in [5, 5.41) is 9.33. The van der Waals surface area contributed by atoms with Gasteiger partial charge in [-0.25, -0.2) is 0 Å². The molecule has 0 radical (unpaired) electrons. The van der Waals surface area contributed by atoms with Gasteiger partial charge in [0, 0.05) is 0 Å². The second-order valence-corrected chi connectivity index (χ2v) is 2.72. The van der Waals surface area contributed by atoms with Crippen molar-refractivity contribution >= 4 is 0 Å². The van der Waals surface area contributed by atoms with Crippen molar-refractivity contribution in [1.29, 1.82) is 0 Å². The monoisotopic (exact) mass is 166 g/mol. The molecule has 12 heavy (non-hydrogen) atoms. The summed E-state index contributed by atoms with van der Waals surface area (Å²) in [6.45, 7) is 5.66. The van der Waals surface area contributed by atoms with Gasteiger partial charge in [-0.15, -0.1) is 0 Å². The lowest BCUT2D eigenvalue weighted by Crippen LogP contribution is -2.00. The van der Waals surface area contributed by atoms with Gasteiger partial charge in [0.1, 0.15) is 0 Å². The van der Waals surface area contributed by atoms with Crippen LogP contribution in [0.2, 0.25) is 0 Å². The average molecular weight is 166 g/mol. The first-order valence-corrected chi connectivity index (χ1v) is 4.45. The van der Waals surface area contributed by atoms with E-state index in [2.05, 4.69) is 13.5 Å². The summed E-state index contributed by atoms with van der Waals surface area (Å²) in [4.78, 5) is 0. The van der Waals surface area contributed by atoms with Gasteiger partial charge in [0.15, 0.2) is 0 Å². The fourth-order valence-corrected chi connectivity index (χ4v) is 0.845. The molecule has 1 unspecified atom stereocenters. The number of hydrogen-bond donors (Lipinski definition) is 1. The van der Waals surface area contributed by atoms with E-state index in [1.165, 1.54) is 0 Å². The van der Waals surface area contributed by atoms with Crippen LogP contribution in [0.25, 0.3) is 0 Å². The number of unbranched alkanes of at least 4 members (excludes halogenated alkanes) is 1. The van der Waals surface area contributed by atoms with Crippen LogP contribution in [0.1, 0.15) is 26.2 Å². The summed E-state index contributed by atoms with van der Waals surface area (Å²) in [6, 6.07) is 0. The molecule has 0 heterocycles. The Morgan fingerprint density at radius 2 is 2.08 bits per heavy atom. The minimum Gasteiger partial charge on any atom is -0.389 e. The zero-order valence-corrected chi connectivity index (χ0v) is 7.74. The van der Waals surface area contributed by atoms with Gasteiger partial charge in [0.05, 0.1) is 6.10 Å². The first-order valence-electron chi connectivity index (χ1n) is 4.45. The van der Waals surface area contributed by atoms with Gasteiger partial charge < -0.3 is 5.11 Å². The van der Waals surface area contributed by atoms with Crippen molar-refractivity contribution in [2.24, 2.45) is 0 Å². The summed E-state index contributed by atoms with van der Waals surface area (Å²) in [7, 11) is 0. The first kappa shape index (κ1) is 11.2. The third-order valence-corrected chi connectivity index (χ3v) is 1.55. The summed E-state index contributed by atoms with van der Waals surface area (Å²) in [5.41, 5.74) is 0. The predicted molar refractivity (Wildman–Crippen MR) is 54.0 cm³/mol. The van der Waals surface area contributed by atoms with Crippen LogP contribution in [0.3, 0.4) is 0 Å². The molecule has 1 atom stereocenters. The Balaban J connectivity index is 3.52. The highest BCUT2D eigenvalue weighted by molar-refractivity contribution is 5.10. The fourth-order valence-electron chi connectivity index (χ4n) is 0.845. The number of hydrogen-bond acceptors (Lipinski definition) is 1. The van der Waals surface area contributed by atoms with Gasteiger partial charge in [-0.05, 0) is 6.42 Å². The van der Waals surface area contributed by atoms with E-state index in [0.717, 1.165) is 19.3 Å². The molecule has 0 aliphatic heterocycles. The number of aliphatic hydroxyl groups excluding tert-OH is 1. The summed E-state index contributed by atoms with van der Waals surface area (Å²) >= 11 is 0. The van der Waals surface area contributed by atoms with Crippen LogP contribution in [-0.2, 0) is 0 Å². The normalized spacial score (nSPS) is 14.2. The number of rotatable bonds is 6. The third-order valence-electron chi connectivity index (χ3n) is 1.55. The fraction of sp³-hybridized carbons (Fsp3) is 0.455. The molecular weight excluding hydrogens is 148 g/mol. The van der Waals surface area contributed by atoms with E-state index in [1.807, 2.05) is 18.2 Å². The summed E-state index contributed by atoms with van der Waals surface area (Å²) < 4.78 is 0. The van der Waals surface area contributed by atoms with Crippen molar-refractivity contribution in [2.45, 2.75) is 32.3 Å². The second kappa shape index (κ2) is 8.28. The van der Waals surface area contributed by atoms with Crippen molar-refractivity contribution in [3.8, 4) is 0 Å². The summed E-state index contributed by atoms with van der Waals surface area (Å²) in [6.07, 6.45) is 11.8. The molecule has 0 saturated heterocycles. The maximum Gasteiger partial charge on any atom is 0.0723 e.